The van der Waals surface area contributed by atoms with Crippen LogP contribution in [0.3, 0.4) is 0 Å². The van der Waals surface area contributed by atoms with Gasteiger partial charge in [-0.3, -0.25) is 5.73 Å². The highest BCUT2D eigenvalue weighted by Crippen LogP contribution is 2.19. The molecular formula is C12H20BNO3. The zero-order valence-corrected chi connectivity index (χ0v) is 10.6. The van der Waals surface area contributed by atoms with Crippen molar-refractivity contribution in [3.63, 3.8) is 0 Å². The molecule has 0 heterocycles. The normalized spacial score (nSPS) is 14.2. The average molecular weight is 237 g/mol. The first kappa shape index (κ1) is 14.0. The Hall–Kier alpha value is -1.04. The van der Waals surface area contributed by atoms with E-state index in [9.17, 15) is 0 Å². The molecule has 1 aromatic carbocycles. The number of rotatable bonds is 5. The van der Waals surface area contributed by atoms with Crippen molar-refractivity contribution < 1.29 is 14.8 Å². The van der Waals surface area contributed by atoms with Crippen molar-refractivity contribution in [1.82, 2.24) is 0 Å². The molecule has 1 aromatic rings. The van der Waals surface area contributed by atoms with Gasteiger partial charge in [0.2, 0.25) is 0 Å². The molecule has 4 nitrogen and oxygen atoms in total. The monoisotopic (exact) mass is 237 g/mol. The molecule has 94 valence electrons. The lowest BCUT2D eigenvalue weighted by molar-refractivity contribution is 0.145. The first-order valence-corrected chi connectivity index (χ1v) is 5.84. The van der Waals surface area contributed by atoms with Crippen LogP contribution in [0.4, 0.5) is 0 Å². The topological polar surface area (TPSA) is 75.7 Å². The summed E-state index contributed by atoms with van der Waals surface area (Å²) in [5, 5.41) is 18.2. The van der Waals surface area contributed by atoms with Crippen LogP contribution in [0.1, 0.15) is 25.8 Å². The van der Waals surface area contributed by atoms with E-state index >= 15 is 0 Å². The van der Waals surface area contributed by atoms with E-state index in [2.05, 4.69) is 6.92 Å². The van der Waals surface area contributed by atoms with Gasteiger partial charge in [0, 0.05) is 5.92 Å². The Labute approximate surface area is 103 Å². The van der Waals surface area contributed by atoms with Crippen molar-refractivity contribution in [3.8, 4) is 5.75 Å². The highest BCUT2D eigenvalue weighted by molar-refractivity contribution is 6.58. The summed E-state index contributed by atoms with van der Waals surface area (Å²) in [5.74, 6) is 0.848. The first-order chi connectivity index (χ1) is 7.95. The fourth-order valence-corrected chi connectivity index (χ4v) is 1.40. The van der Waals surface area contributed by atoms with Gasteiger partial charge < -0.3 is 14.8 Å². The van der Waals surface area contributed by atoms with Crippen LogP contribution in [0, 0.1) is 12.8 Å². The molecule has 0 saturated carbocycles. The number of hydrogen-bond acceptors (Lipinski definition) is 4. The largest absolute Gasteiger partial charge is 0.488 e. The molecule has 0 radical (unpaired) electrons. The number of aryl methyl sites for hydroxylation is 1. The molecule has 2 unspecified atom stereocenters. The molecule has 0 saturated heterocycles. The Kier molecular flexibility index (Phi) is 4.99. The third-order valence-corrected chi connectivity index (χ3v) is 2.98. The zero-order chi connectivity index (χ0) is 13.0. The second-order valence-corrected chi connectivity index (χ2v) is 4.37. The third kappa shape index (κ3) is 3.73. The second kappa shape index (κ2) is 6.05. The van der Waals surface area contributed by atoms with Crippen molar-refractivity contribution >= 4 is 12.6 Å². The van der Waals surface area contributed by atoms with Crippen LogP contribution in [0.15, 0.2) is 18.2 Å². The lowest BCUT2D eigenvalue weighted by Crippen LogP contribution is -2.35. The molecule has 0 spiro atoms. The van der Waals surface area contributed by atoms with E-state index in [0.717, 1.165) is 12.0 Å². The molecule has 5 heteroatoms. The van der Waals surface area contributed by atoms with Crippen LogP contribution >= 0.6 is 0 Å². The van der Waals surface area contributed by atoms with Gasteiger partial charge in [0.15, 0.2) is 0 Å². The minimum atomic E-state index is -1.49. The summed E-state index contributed by atoms with van der Waals surface area (Å²) in [7, 11) is -1.49. The lowest BCUT2D eigenvalue weighted by Gasteiger charge is -2.21. The molecule has 0 amide bonds. The summed E-state index contributed by atoms with van der Waals surface area (Å²) in [4.78, 5) is 0. The minimum Gasteiger partial charge on any atom is -0.475 e. The Balaban J connectivity index is 2.86. The van der Waals surface area contributed by atoms with Crippen molar-refractivity contribution in [2.45, 2.75) is 33.4 Å². The SMILES string of the molecule is CCC(C)C(N)Oc1cc(B(O)O)ccc1C. The molecule has 17 heavy (non-hydrogen) atoms. The van der Waals surface area contributed by atoms with Crippen LogP contribution in [0.2, 0.25) is 0 Å². The fourth-order valence-electron chi connectivity index (χ4n) is 1.40. The molecular weight excluding hydrogens is 217 g/mol. The maximum Gasteiger partial charge on any atom is 0.488 e. The third-order valence-electron chi connectivity index (χ3n) is 2.98. The summed E-state index contributed by atoms with van der Waals surface area (Å²) in [6, 6.07) is 5.05. The van der Waals surface area contributed by atoms with Crippen molar-refractivity contribution in [2.24, 2.45) is 11.7 Å². The molecule has 0 fully saturated rings. The molecule has 0 aliphatic heterocycles. The number of nitrogens with two attached hydrogens (primary N) is 1. The van der Waals surface area contributed by atoms with Crippen LogP contribution in [-0.4, -0.2) is 23.4 Å². The van der Waals surface area contributed by atoms with E-state index in [0.29, 0.717) is 11.2 Å². The Bertz CT molecular complexity index is 371. The van der Waals surface area contributed by atoms with E-state index < -0.39 is 7.12 Å². The van der Waals surface area contributed by atoms with Gasteiger partial charge in [0.25, 0.3) is 0 Å². The van der Waals surface area contributed by atoms with E-state index in [1.165, 1.54) is 0 Å². The minimum absolute atomic E-state index is 0.247. The average Bonchev–Trinajstić information content (AvgIpc) is 2.30. The molecule has 0 aromatic heterocycles. The highest BCUT2D eigenvalue weighted by atomic mass is 16.5. The van der Waals surface area contributed by atoms with Gasteiger partial charge in [0.1, 0.15) is 12.0 Å². The van der Waals surface area contributed by atoms with Gasteiger partial charge in [-0.15, -0.1) is 0 Å². The summed E-state index contributed by atoms with van der Waals surface area (Å²) in [6.45, 7) is 5.96. The van der Waals surface area contributed by atoms with E-state index in [-0.39, 0.29) is 12.1 Å². The predicted octanol–water partition coefficient (Wildman–Crippen LogP) is 0.385. The van der Waals surface area contributed by atoms with Crippen molar-refractivity contribution in [3.05, 3.63) is 23.8 Å². The number of hydrogen-bond donors (Lipinski definition) is 3. The summed E-state index contributed by atoms with van der Waals surface area (Å²) >= 11 is 0. The van der Waals surface area contributed by atoms with E-state index in [1.54, 1.807) is 18.2 Å². The van der Waals surface area contributed by atoms with Crippen LogP contribution in [0.5, 0.6) is 5.75 Å². The van der Waals surface area contributed by atoms with E-state index in [4.69, 9.17) is 20.5 Å². The Morgan fingerprint density at radius 3 is 2.59 bits per heavy atom. The first-order valence-electron chi connectivity index (χ1n) is 5.84. The van der Waals surface area contributed by atoms with Gasteiger partial charge in [0.05, 0.1) is 0 Å². The van der Waals surface area contributed by atoms with Gasteiger partial charge >= 0.3 is 7.12 Å². The van der Waals surface area contributed by atoms with E-state index in [1.807, 2.05) is 13.8 Å². The summed E-state index contributed by atoms with van der Waals surface area (Å²) in [6.07, 6.45) is 0.549. The number of ether oxygens (including phenoxy) is 1. The standard InChI is InChI=1S/C12H20BNO3/c1-4-8(2)12(14)17-11-7-10(13(15)16)6-5-9(11)3/h5-8,12,15-16H,4,14H2,1-3H3. The molecule has 4 N–H and O–H groups in total. The zero-order valence-electron chi connectivity index (χ0n) is 10.6. The van der Waals surface area contributed by atoms with Gasteiger partial charge in [-0.1, -0.05) is 26.0 Å². The fraction of sp³-hybridized carbons (Fsp3) is 0.500. The van der Waals surface area contributed by atoms with Gasteiger partial charge in [-0.2, -0.15) is 0 Å². The summed E-state index contributed by atoms with van der Waals surface area (Å²) in [5.41, 5.74) is 7.24. The van der Waals surface area contributed by atoms with Crippen molar-refractivity contribution in [2.75, 3.05) is 0 Å². The van der Waals surface area contributed by atoms with Crippen LogP contribution in [-0.2, 0) is 0 Å². The highest BCUT2D eigenvalue weighted by Gasteiger charge is 2.16. The number of benzene rings is 1. The van der Waals surface area contributed by atoms with Gasteiger partial charge in [-0.05, 0) is 30.4 Å². The maximum absolute atomic E-state index is 9.10. The Morgan fingerprint density at radius 2 is 2.06 bits per heavy atom. The summed E-state index contributed by atoms with van der Waals surface area (Å²) < 4.78 is 5.64. The smallest absolute Gasteiger partial charge is 0.475 e. The Morgan fingerprint density at radius 1 is 1.41 bits per heavy atom. The molecule has 0 aliphatic rings. The maximum atomic E-state index is 9.10. The predicted molar refractivity (Wildman–Crippen MR) is 69.1 cm³/mol. The lowest BCUT2D eigenvalue weighted by atomic mass is 9.80. The molecule has 0 aliphatic carbocycles. The molecule has 2 atom stereocenters. The van der Waals surface area contributed by atoms with Crippen LogP contribution < -0.4 is 15.9 Å². The van der Waals surface area contributed by atoms with Crippen LogP contribution in [0.25, 0.3) is 0 Å². The molecule has 0 bridgehead atoms. The van der Waals surface area contributed by atoms with Gasteiger partial charge in [-0.25, -0.2) is 0 Å². The quantitative estimate of drug-likeness (QED) is 0.511. The second-order valence-electron chi connectivity index (χ2n) is 4.37. The molecule has 1 rings (SSSR count). The van der Waals surface area contributed by atoms with Crippen molar-refractivity contribution in [1.29, 1.82) is 0 Å².